The molecule has 0 N–H and O–H groups in total. The lowest BCUT2D eigenvalue weighted by atomic mass is 9.56. The number of hydrogen-bond acceptors (Lipinski definition) is 8. The highest BCUT2D eigenvalue weighted by Gasteiger charge is 2.77. The maximum absolute atomic E-state index is 15.4. The van der Waals surface area contributed by atoms with E-state index in [-0.39, 0.29) is 80.6 Å². The lowest BCUT2D eigenvalue weighted by Crippen LogP contribution is -2.62. The fourth-order valence-corrected chi connectivity index (χ4v) is 11.9. The molecular weight excluding hydrogens is 702 g/mol. The predicted molar refractivity (Wildman–Crippen MR) is 185 cm³/mol. The van der Waals surface area contributed by atoms with Gasteiger partial charge in [-0.3, -0.25) is 0 Å². The highest BCUT2D eigenvalue weighted by molar-refractivity contribution is 5.83. The van der Waals surface area contributed by atoms with E-state index in [1.54, 1.807) is 0 Å². The van der Waals surface area contributed by atoms with Crippen LogP contribution in [-0.4, -0.2) is 84.5 Å². The molecule has 9 aliphatic rings. The molecule has 5 saturated carbocycles. The van der Waals surface area contributed by atoms with Crippen LogP contribution in [0.1, 0.15) is 117 Å². The maximum Gasteiger partial charge on any atom is 0.403 e. The summed E-state index contributed by atoms with van der Waals surface area (Å²) in [6, 6.07) is -1.17. The summed E-state index contributed by atoms with van der Waals surface area (Å²) in [4.78, 5) is 19.1. The summed E-state index contributed by atoms with van der Waals surface area (Å²) < 4.78 is 117. The molecule has 4 aliphatic heterocycles. The van der Waals surface area contributed by atoms with Crippen molar-refractivity contribution < 1.29 is 45.3 Å². The molecule has 0 aromatic rings. The summed E-state index contributed by atoms with van der Waals surface area (Å²) in [5, 5.41) is 0. The first-order chi connectivity index (χ1) is 25.3. The van der Waals surface area contributed by atoms with Crippen LogP contribution in [0.5, 0.6) is 0 Å². The van der Waals surface area contributed by atoms with E-state index >= 15 is 26.3 Å². The van der Waals surface area contributed by atoms with Crippen molar-refractivity contribution in [1.29, 1.82) is 0 Å². The minimum atomic E-state index is -5.48. The third kappa shape index (κ3) is 6.25. The van der Waals surface area contributed by atoms with Crippen LogP contribution in [0.25, 0.3) is 0 Å². The molecule has 10 atom stereocenters. The van der Waals surface area contributed by atoms with E-state index in [0.29, 0.717) is 17.7 Å². The molecule has 0 aromatic carbocycles. The van der Waals surface area contributed by atoms with Gasteiger partial charge in [0.2, 0.25) is 0 Å². The Kier molecular flexibility index (Phi) is 9.06. The molecule has 53 heavy (non-hydrogen) atoms. The molecule has 294 valence electrons. The number of fused-ring (bicyclic) bond motifs is 4. The number of aliphatic imine (C=N–C) groups is 4. The van der Waals surface area contributed by atoms with Crippen LogP contribution in [-0.2, 0) is 18.9 Å². The SMILES string of the molecule is CC1=NC2CC3N=C(C4CCC(C5=NC6CC(C(C7CCC8OC(C9CCC(C)CC9)=NC8C7)(C(F)(F)F)C(F)(F)F)CCC6O5)CC4)OC3CC2O1. The average Bonchev–Trinajstić information content (AvgIpc) is 3.90. The van der Waals surface area contributed by atoms with Crippen molar-refractivity contribution in [3.05, 3.63) is 0 Å². The molecule has 5 aliphatic carbocycles. The number of alkyl halides is 6. The Balaban J connectivity index is 0.869. The number of nitrogens with zero attached hydrogens (tertiary/aromatic N) is 4. The molecule has 10 unspecified atom stereocenters. The second kappa shape index (κ2) is 13.3. The van der Waals surface area contributed by atoms with Crippen LogP contribution in [0.3, 0.4) is 0 Å². The Morgan fingerprint density at radius 1 is 0.453 bits per heavy atom. The molecule has 9 rings (SSSR count). The minimum absolute atomic E-state index is 0.00139. The first-order valence-corrected chi connectivity index (χ1v) is 20.3. The summed E-state index contributed by atoms with van der Waals surface area (Å²) in [7, 11) is 0. The number of hydrogen-bond donors (Lipinski definition) is 0. The molecule has 8 nitrogen and oxygen atoms in total. The van der Waals surface area contributed by atoms with Crippen molar-refractivity contribution in [1.82, 2.24) is 0 Å². The minimum Gasteiger partial charge on any atom is -0.476 e. The molecule has 0 spiro atoms. The number of ether oxygens (including phenoxy) is 4. The van der Waals surface area contributed by atoms with Gasteiger partial charge in [0, 0.05) is 31.1 Å². The molecule has 5 fully saturated rings. The van der Waals surface area contributed by atoms with E-state index in [2.05, 4.69) is 11.9 Å². The zero-order valence-corrected chi connectivity index (χ0v) is 30.6. The van der Waals surface area contributed by atoms with Crippen LogP contribution in [0.4, 0.5) is 26.3 Å². The molecule has 14 heteroatoms. The molecule has 0 bridgehead atoms. The lowest BCUT2D eigenvalue weighted by molar-refractivity contribution is -0.383. The highest BCUT2D eigenvalue weighted by atomic mass is 19.4. The van der Waals surface area contributed by atoms with Gasteiger partial charge in [0.25, 0.3) is 0 Å². The summed E-state index contributed by atoms with van der Waals surface area (Å²) in [5.74, 6) is 0.178. The van der Waals surface area contributed by atoms with Crippen molar-refractivity contribution in [3.8, 4) is 0 Å². The molecular formula is C39H52F6N4O4. The Labute approximate surface area is 307 Å². The molecule has 0 amide bonds. The largest absolute Gasteiger partial charge is 0.476 e. The third-order valence-electron chi connectivity index (χ3n) is 14.7. The number of rotatable bonds is 5. The second-order valence-corrected chi connectivity index (χ2v) is 17.8. The van der Waals surface area contributed by atoms with Crippen molar-refractivity contribution in [2.75, 3.05) is 0 Å². The van der Waals surface area contributed by atoms with Gasteiger partial charge in [-0.05, 0) is 114 Å². The third-order valence-corrected chi connectivity index (χ3v) is 14.7. The van der Waals surface area contributed by atoms with Crippen molar-refractivity contribution in [2.45, 2.75) is 178 Å². The maximum atomic E-state index is 15.4. The van der Waals surface area contributed by atoms with Crippen LogP contribution >= 0.6 is 0 Å². The topological polar surface area (TPSA) is 86.4 Å². The van der Waals surface area contributed by atoms with Crippen LogP contribution in [0, 0.1) is 40.9 Å². The van der Waals surface area contributed by atoms with Gasteiger partial charge in [0.1, 0.15) is 24.4 Å². The van der Waals surface area contributed by atoms with Gasteiger partial charge in [-0.15, -0.1) is 0 Å². The summed E-state index contributed by atoms with van der Waals surface area (Å²) in [6.45, 7) is 4.07. The number of halogens is 6. The predicted octanol–water partition coefficient (Wildman–Crippen LogP) is 8.81. The van der Waals surface area contributed by atoms with Gasteiger partial charge in [0.15, 0.2) is 29.0 Å². The van der Waals surface area contributed by atoms with E-state index in [0.717, 1.165) is 76.0 Å². The molecule has 0 aromatic heterocycles. The normalized spacial score (nSPS) is 44.1. The Bertz CT molecular complexity index is 1520. The summed E-state index contributed by atoms with van der Waals surface area (Å²) >= 11 is 0. The first-order valence-electron chi connectivity index (χ1n) is 20.3. The average molecular weight is 755 g/mol. The van der Waals surface area contributed by atoms with Gasteiger partial charge in [-0.2, -0.15) is 26.3 Å². The quantitative estimate of drug-likeness (QED) is 0.263. The Morgan fingerprint density at radius 2 is 0.849 bits per heavy atom. The fraction of sp³-hybridized carbons (Fsp3) is 0.897. The van der Waals surface area contributed by atoms with E-state index in [9.17, 15) is 0 Å². The summed E-state index contributed by atoms with van der Waals surface area (Å²) in [5.41, 5.74) is -3.83. The van der Waals surface area contributed by atoms with E-state index < -0.39 is 53.9 Å². The van der Waals surface area contributed by atoms with Gasteiger partial charge in [-0.1, -0.05) is 6.92 Å². The van der Waals surface area contributed by atoms with E-state index in [1.807, 2.05) is 6.92 Å². The van der Waals surface area contributed by atoms with Gasteiger partial charge in [0.05, 0.1) is 24.2 Å². The molecule has 4 heterocycles. The van der Waals surface area contributed by atoms with Crippen LogP contribution in [0.2, 0.25) is 0 Å². The van der Waals surface area contributed by atoms with Crippen molar-refractivity contribution in [3.63, 3.8) is 0 Å². The summed E-state index contributed by atoms with van der Waals surface area (Å²) in [6.07, 6.45) is -3.96. The Morgan fingerprint density at radius 3 is 1.32 bits per heavy atom. The zero-order valence-electron chi connectivity index (χ0n) is 30.6. The van der Waals surface area contributed by atoms with E-state index in [4.69, 9.17) is 33.9 Å². The Hall–Kier alpha value is -2.54. The lowest BCUT2D eigenvalue weighted by Gasteiger charge is -2.51. The van der Waals surface area contributed by atoms with Crippen LogP contribution < -0.4 is 0 Å². The van der Waals surface area contributed by atoms with Crippen molar-refractivity contribution in [2.24, 2.45) is 60.9 Å². The van der Waals surface area contributed by atoms with Gasteiger partial charge >= 0.3 is 12.4 Å². The smallest absolute Gasteiger partial charge is 0.403 e. The molecule has 0 saturated heterocycles. The van der Waals surface area contributed by atoms with E-state index in [1.165, 1.54) is 0 Å². The van der Waals surface area contributed by atoms with Crippen LogP contribution in [0.15, 0.2) is 20.0 Å². The van der Waals surface area contributed by atoms with Crippen molar-refractivity contribution >= 4 is 23.6 Å². The highest BCUT2D eigenvalue weighted by Crippen LogP contribution is 2.65. The van der Waals surface area contributed by atoms with Gasteiger partial charge in [-0.25, -0.2) is 20.0 Å². The first kappa shape index (κ1) is 36.1. The fourth-order valence-electron chi connectivity index (χ4n) is 11.9. The standard InChI is InChI=1S/C39H52F6N4O4/c1-19-3-5-21(6-4-19)34-47-26-15-24(11-13-30(26)51-34)37(38(40,41)42,39(43,44)45)25-12-14-31-27(16-25)48-35(52-31)22-7-9-23(10-8-22)36-49-29-17-28-32(18-33(29)53-36)50-20(2)46-28/h19,21-33H,3-18H2,1-2H3. The molecule has 0 radical (unpaired) electrons. The second-order valence-electron chi connectivity index (χ2n) is 17.8. The zero-order chi connectivity index (χ0) is 36.9. The monoisotopic (exact) mass is 754 g/mol. The van der Waals surface area contributed by atoms with Gasteiger partial charge < -0.3 is 18.9 Å².